The van der Waals surface area contributed by atoms with Gasteiger partial charge in [-0.2, -0.15) is 0 Å². The highest BCUT2D eigenvalue weighted by Crippen LogP contribution is 2.19. The van der Waals surface area contributed by atoms with E-state index in [9.17, 15) is 24.0 Å². The van der Waals surface area contributed by atoms with Gasteiger partial charge in [0.1, 0.15) is 24.4 Å². The van der Waals surface area contributed by atoms with Gasteiger partial charge in [-0.15, -0.1) is 0 Å². The maximum Gasteiger partial charge on any atom is 0.408 e. The number of ketones is 1. The molecule has 4 atom stereocenters. The van der Waals surface area contributed by atoms with Crippen LogP contribution < -0.4 is 21.3 Å². The van der Waals surface area contributed by atoms with Crippen molar-refractivity contribution in [2.45, 2.75) is 64.3 Å². The van der Waals surface area contributed by atoms with Crippen LogP contribution in [0.25, 0.3) is 0 Å². The summed E-state index contributed by atoms with van der Waals surface area (Å²) in [6, 6.07) is 20.1. The highest BCUT2D eigenvalue weighted by Gasteiger charge is 2.35. The van der Waals surface area contributed by atoms with Gasteiger partial charge in [0.15, 0.2) is 0 Å². The number of carbonyl (C=O) groups excluding carboxylic acids is 5. The first-order chi connectivity index (χ1) is 22.2. The zero-order valence-electron chi connectivity index (χ0n) is 26.1. The highest BCUT2D eigenvalue weighted by atomic mass is 16.5. The van der Waals surface area contributed by atoms with E-state index in [0.29, 0.717) is 19.4 Å². The van der Waals surface area contributed by atoms with Crippen LogP contribution in [0.2, 0.25) is 0 Å². The average molecular weight is 628 g/mol. The van der Waals surface area contributed by atoms with Crippen molar-refractivity contribution in [3.8, 4) is 0 Å². The summed E-state index contributed by atoms with van der Waals surface area (Å²) in [6.07, 6.45) is 1.77. The molecule has 0 aliphatic carbocycles. The van der Waals surface area contributed by atoms with Gasteiger partial charge in [-0.05, 0) is 48.4 Å². The lowest BCUT2D eigenvalue weighted by Gasteiger charge is -2.26. The van der Waals surface area contributed by atoms with E-state index in [4.69, 9.17) is 4.74 Å². The molecule has 0 saturated carbocycles. The van der Waals surface area contributed by atoms with Crippen molar-refractivity contribution in [2.24, 2.45) is 11.8 Å². The molecule has 0 unspecified atom stereocenters. The van der Waals surface area contributed by atoms with Gasteiger partial charge >= 0.3 is 6.09 Å². The van der Waals surface area contributed by atoms with Crippen molar-refractivity contribution in [1.82, 2.24) is 26.3 Å². The molecule has 4 amide bonds. The van der Waals surface area contributed by atoms with Crippen LogP contribution in [0.15, 0.2) is 85.1 Å². The van der Waals surface area contributed by atoms with Crippen molar-refractivity contribution >= 4 is 29.6 Å². The Hall–Kier alpha value is -5.06. The number of nitrogens with one attached hydrogen (secondary N) is 4. The predicted molar refractivity (Wildman–Crippen MR) is 171 cm³/mol. The number of ether oxygens (including phenoxy) is 1. The minimum absolute atomic E-state index is 0.0319. The molecule has 0 radical (unpaired) electrons. The molecule has 1 fully saturated rings. The van der Waals surface area contributed by atoms with E-state index in [1.807, 2.05) is 74.5 Å². The molecular weight excluding hydrogens is 586 g/mol. The molecule has 2 aromatic carbocycles. The van der Waals surface area contributed by atoms with Crippen LogP contribution in [-0.2, 0) is 32.1 Å². The summed E-state index contributed by atoms with van der Waals surface area (Å²) >= 11 is 0. The Bertz CT molecular complexity index is 1470. The van der Waals surface area contributed by atoms with Crippen LogP contribution in [0.1, 0.15) is 54.7 Å². The fourth-order valence-electron chi connectivity index (χ4n) is 5.29. The van der Waals surface area contributed by atoms with Gasteiger partial charge in [0.05, 0.1) is 6.04 Å². The molecule has 1 aliphatic heterocycles. The maximum atomic E-state index is 13.9. The third-order valence-corrected chi connectivity index (χ3v) is 7.68. The highest BCUT2D eigenvalue weighted by molar-refractivity contribution is 6.02. The first kappa shape index (κ1) is 33.8. The van der Waals surface area contributed by atoms with E-state index in [2.05, 4.69) is 26.3 Å². The summed E-state index contributed by atoms with van der Waals surface area (Å²) in [5.74, 6) is -2.20. The second kappa shape index (κ2) is 16.9. The largest absolute Gasteiger partial charge is 0.445 e. The van der Waals surface area contributed by atoms with E-state index < -0.39 is 47.7 Å². The number of Topliss-reactive ketones (excluding diaryl/α,β-unsaturated/α-hetero) is 1. The number of benzene rings is 2. The van der Waals surface area contributed by atoms with Crippen LogP contribution >= 0.6 is 0 Å². The van der Waals surface area contributed by atoms with Crippen molar-refractivity contribution in [3.63, 3.8) is 0 Å². The van der Waals surface area contributed by atoms with Gasteiger partial charge in [-0.1, -0.05) is 80.6 Å². The number of rotatable bonds is 15. The number of hydrogen-bond donors (Lipinski definition) is 4. The average Bonchev–Trinajstić information content (AvgIpc) is 3.47. The Morgan fingerprint density at radius 1 is 0.826 bits per heavy atom. The van der Waals surface area contributed by atoms with E-state index in [0.717, 1.165) is 11.1 Å². The minimum Gasteiger partial charge on any atom is -0.445 e. The van der Waals surface area contributed by atoms with Crippen LogP contribution in [0.4, 0.5) is 4.79 Å². The van der Waals surface area contributed by atoms with Gasteiger partial charge in [-0.3, -0.25) is 24.2 Å². The van der Waals surface area contributed by atoms with Crippen LogP contribution in [-0.4, -0.2) is 59.3 Å². The van der Waals surface area contributed by atoms with E-state index in [-0.39, 0.29) is 37.0 Å². The number of nitrogens with zero attached hydrogens (tertiary/aromatic N) is 1. The van der Waals surface area contributed by atoms with E-state index >= 15 is 0 Å². The zero-order valence-corrected chi connectivity index (χ0v) is 26.1. The monoisotopic (exact) mass is 627 g/mol. The van der Waals surface area contributed by atoms with Crippen molar-refractivity contribution in [3.05, 3.63) is 102 Å². The lowest BCUT2D eigenvalue weighted by atomic mass is 9.93. The normalized spacial score (nSPS) is 16.1. The zero-order chi connectivity index (χ0) is 32.9. The first-order valence-corrected chi connectivity index (χ1v) is 15.5. The quantitative estimate of drug-likeness (QED) is 0.188. The van der Waals surface area contributed by atoms with Crippen LogP contribution in [0.5, 0.6) is 0 Å². The Morgan fingerprint density at radius 2 is 1.46 bits per heavy atom. The second-order valence-electron chi connectivity index (χ2n) is 11.8. The van der Waals surface area contributed by atoms with Gasteiger partial charge in [0.25, 0.3) is 0 Å². The SMILES string of the molecule is CC(C)C[C@H](NC(=O)OCc1ccccc1)C(=O)N[C@@H](Cc1ccccc1)C(=O)N[C@@H](C[C@@H]1CCNC1=O)C(=O)c1ccccn1. The van der Waals surface area contributed by atoms with E-state index in [1.165, 1.54) is 6.20 Å². The maximum absolute atomic E-state index is 13.9. The van der Waals surface area contributed by atoms with Gasteiger partial charge in [-0.25, -0.2) is 4.79 Å². The van der Waals surface area contributed by atoms with Gasteiger partial charge < -0.3 is 26.0 Å². The minimum atomic E-state index is -1.09. The molecule has 3 aromatic rings. The predicted octanol–water partition coefficient (Wildman–Crippen LogP) is 3.34. The van der Waals surface area contributed by atoms with E-state index in [1.54, 1.807) is 18.2 Å². The lowest BCUT2D eigenvalue weighted by Crippen LogP contribution is -2.57. The molecule has 0 bridgehead atoms. The fourth-order valence-corrected chi connectivity index (χ4v) is 5.29. The van der Waals surface area contributed by atoms with Crippen LogP contribution in [0.3, 0.4) is 0 Å². The van der Waals surface area contributed by atoms with Crippen molar-refractivity contribution < 1.29 is 28.7 Å². The Labute approximate surface area is 268 Å². The topological polar surface area (TPSA) is 156 Å². The molecule has 242 valence electrons. The molecule has 11 heteroatoms. The number of carbonyl (C=O) groups is 5. The molecule has 46 heavy (non-hydrogen) atoms. The summed E-state index contributed by atoms with van der Waals surface area (Å²) in [4.78, 5) is 70.4. The van der Waals surface area contributed by atoms with Gasteiger partial charge in [0, 0.05) is 25.1 Å². The third-order valence-electron chi connectivity index (χ3n) is 7.68. The molecule has 4 N–H and O–H groups in total. The third kappa shape index (κ3) is 10.3. The Morgan fingerprint density at radius 3 is 2.07 bits per heavy atom. The lowest BCUT2D eigenvalue weighted by molar-refractivity contribution is -0.130. The standard InChI is InChI=1S/C35H41N5O6/c1-23(2)19-29(40-35(45)46-22-25-13-7-4-8-14-25)33(43)39-30(20-24-11-5-3-6-12-24)34(44)38-28(21-26-16-18-37-32(26)42)31(41)27-15-9-10-17-36-27/h3-15,17,23,26,28-30H,16,18-22H2,1-2H3,(H,37,42)(H,38,44)(H,39,43)(H,40,45)/t26-,28-,29-,30-/m0/s1. The first-order valence-electron chi connectivity index (χ1n) is 15.5. The number of alkyl carbamates (subject to hydrolysis) is 1. The molecule has 4 rings (SSSR count). The molecule has 0 spiro atoms. The van der Waals surface area contributed by atoms with Gasteiger partial charge in [0.2, 0.25) is 23.5 Å². The van der Waals surface area contributed by atoms with Crippen molar-refractivity contribution in [1.29, 1.82) is 0 Å². The number of pyridine rings is 1. The number of aromatic nitrogens is 1. The summed E-state index contributed by atoms with van der Waals surface area (Å²) in [5, 5.41) is 11.0. The van der Waals surface area contributed by atoms with Crippen molar-refractivity contribution in [2.75, 3.05) is 6.54 Å². The Kier molecular flexibility index (Phi) is 12.4. The molecule has 1 aromatic heterocycles. The van der Waals surface area contributed by atoms with Crippen LogP contribution in [0, 0.1) is 11.8 Å². The summed E-state index contributed by atoms with van der Waals surface area (Å²) in [7, 11) is 0. The molecule has 1 saturated heterocycles. The summed E-state index contributed by atoms with van der Waals surface area (Å²) in [5.41, 5.74) is 1.73. The Balaban J connectivity index is 1.52. The number of hydrogen-bond acceptors (Lipinski definition) is 7. The fraction of sp³-hybridized carbons (Fsp3) is 0.371. The summed E-state index contributed by atoms with van der Waals surface area (Å²) < 4.78 is 5.35. The molecule has 1 aliphatic rings. The smallest absolute Gasteiger partial charge is 0.408 e. The molecule has 2 heterocycles. The summed E-state index contributed by atoms with van der Waals surface area (Å²) in [6.45, 7) is 4.36. The molecule has 11 nitrogen and oxygen atoms in total. The second-order valence-corrected chi connectivity index (χ2v) is 11.8. The molecular formula is C35H41N5O6. The number of amides is 4.